The van der Waals surface area contributed by atoms with Gasteiger partial charge in [-0.3, -0.25) is 14.7 Å². The molecule has 1 fully saturated rings. The number of hydrogen-bond donors (Lipinski definition) is 0. The zero-order valence-corrected chi connectivity index (χ0v) is 24.1. The lowest BCUT2D eigenvalue weighted by atomic mass is 9.90. The Labute approximate surface area is 258 Å². The second-order valence-electron chi connectivity index (χ2n) is 11.3. The summed E-state index contributed by atoms with van der Waals surface area (Å²) < 4.78 is 123. The van der Waals surface area contributed by atoms with Crippen molar-refractivity contribution < 1.29 is 44.3 Å². The van der Waals surface area contributed by atoms with Gasteiger partial charge in [-0.25, -0.2) is 0 Å². The van der Waals surface area contributed by atoms with Gasteiger partial charge < -0.3 is 4.90 Å². The normalized spacial score (nSPS) is 18.1. The monoisotopic (exact) mass is 653 g/mol. The lowest BCUT2D eigenvalue weighted by molar-refractivity contribution is -0.190. The van der Waals surface area contributed by atoms with Gasteiger partial charge in [-0.15, -0.1) is 0 Å². The Balaban J connectivity index is 1.48. The molecule has 0 radical (unpaired) electrons. The summed E-state index contributed by atoms with van der Waals surface area (Å²) in [4.78, 5) is 19.6. The highest BCUT2D eigenvalue weighted by molar-refractivity contribution is 5.84. The standard InChI is InChI=1S/C33H28F9N3O/c34-31(35,36)24-14-22(15-25(17-24)32(37,38)39)19-44-13-11-26(18-27(44)16-21-6-2-1-3-7-21)45(30(46)33(40,41)42)20-23-10-12-43-29-9-5-4-8-28(23)29/h1-10,12,14-15,17,26-27H,11,13,16,18-20H2/t26-,27+/m0/s1. The van der Waals surface area contributed by atoms with Crippen LogP contribution in [0, 0.1) is 0 Å². The number of hydrogen-bond acceptors (Lipinski definition) is 3. The summed E-state index contributed by atoms with van der Waals surface area (Å²) in [6, 6.07) is 17.0. The van der Waals surface area contributed by atoms with Crippen molar-refractivity contribution in [3.05, 3.63) is 113 Å². The van der Waals surface area contributed by atoms with Gasteiger partial charge >= 0.3 is 24.4 Å². The van der Waals surface area contributed by atoms with Crippen LogP contribution in [-0.2, 0) is 36.7 Å². The van der Waals surface area contributed by atoms with Crippen LogP contribution in [0.4, 0.5) is 39.5 Å². The topological polar surface area (TPSA) is 36.4 Å². The number of carbonyl (C=O) groups excluding carboxylic acids is 1. The number of benzene rings is 3. The highest BCUT2D eigenvalue weighted by atomic mass is 19.4. The lowest BCUT2D eigenvalue weighted by Crippen LogP contribution is -2.54. The fraction of sp³-hybridized carbons (Fsp3) is 0.333. The molecule has 0 spiro atoms. The van der Waals surface area contributed by atoms with Crippen LogP contribution in [-0.4, -0.2) is 45.5 Å². The van der Waals surface area contributed by atoms with E-state index >= 15 is 0 Å². The quantitative estimate of drug-likeness (QED) is 0.188. The van der Waals surface area contributed by atoms with Crippen molar-refractivity contribution in [2.24, 2.45) is 0 Å². The highest BCUT2D eigenvalue weighted by Crippen LogP contribution is 2.38. The fourth-order valence-electron chi connectivity index (χ4n) is 6.02. The number of amides is 1. The number of pyridine rings is 1. The molecule has 5 rings (SSSR count). The van der Waals surface area contributed by atoms with E-state index in [2.05, 4.69) is 4.98 Å². The summed E-state index contributed by atoms with van der Waals surface area (Å²) in [6.45, 7) is -0.648. The minimum atomic E-state index is -5.18. The largest absolute Gasteiger partial charge is 0.471 e. The zero-order valence-electron chi connectivity index (χ0n) is 24.1. The van der Waals surface area contributed by atoms with Crippen molar-refractivity contribution in [2.45, 2.75) is 63.0 Å². The van der Waals surface area contributed by atoms with Crippen LogP contribution >= 0.6 is 0 Å². The molecule has 244 valence electrons. The first-order valence-electron chi connectivity index (χ1n) is 14.4. The third kappa shape index (κ3) is 7.80. The van der Waals surface area contributed by atoms with Gasteiger partial charge in [-0.1, -0.05) is 48.5 Å². The number of fused-ring (bicyclic) bond motifs is 1. The molecule has 0 N–H and O–H groups in total. The Kier molecular flexibility index (Phi) is 9.35. The number of alkyl halides is 9. The summed E-state index contributed by atoms with van der Waals surface area (Å²) in [5, 5.41) is 0.577. The van der Waals surface area contributed by atoms with Gasteiger partial charge in [0.25, 0.3) is 0 Å². The molecular weight excluding hydrogens is 625 g/mol. The zero-order chi connectivity index (χ0) is 33.3. The maximum absolute atomic E-state index is 13.9. The van der Waals surface area contributed by atoms with Gasteiger partial charge in [-0.2, -0.15) is 39.5 Å². The van der Waals surface area contributed by atoms with Crippen LogP contribution in [0.1, 0.15) is 40.7 Å². The molecular formula is C33H28F9N3O. The van der Waals surface area contributed by atoms with E-state index < -0.39 is 47.6 Å². The molecule has 0 bridgehead atoms. The van der Waals surface area contributed by atoms with Crippen molar-refractivity contribution in [3.8, 4) is 0 Å². The molecule has 2 heterocycles. The summed E-state index contributed by atoms with van der Waals surface area (Å²) in [5.41, 5.74) is -1.36. The van der Waals surface area contributed by atoms with Crippen LogP contribution in [0.25, 0.3) is 10.9 Å². The van der Waals surface area contributed by atoms with Crippen LogP contribution in [0.2, 0.25) is 0 Å². The van der Waals surface area contributed by atoms with Gasteiger partial charge in [0.2, 0.25) is 0 Å². The van der Waals surface area contributed by atoms with Crippen molar-refractivity contribution in [2.75, 3.05) is 6.54 Å². The van der Waals surface area contributed by atoms with Gasteiger partial charge in [0.05, 0.1) is 16.6 Å². The minimum absolute atomic E-state index is 0.00478. The molecule has 1 saturated heterocycles. The van der Waals surface area contributed by atoms with E-state index in [1.165, 1.54) is 6.20 Å². The van der Waals surface area contributed by atoms with Crippen LogP contribution in [0.3, 0.4) is 0 Å². The maximum Gasteiger partial charge on any atom is 0.471 e. The SMILES string of the molecule is O=C(N(Cc1ccnc2ccccc12)[C@H]1CCN(Cc2cc(C(F)(F)F)cc(C(F)(F)F)c2)[C@H](Cc2ccccc2)C1)C(F)(F)F. The predicted octanol–water partition coefficient (Wildman–Crippen LogP) is 8.44. The average molecular weight is 654 g/mol. The highest BCUT2D eigenvalue weighted by Gasteiger charge is 2.46. The number of aromatic nitrogens is 1. The molecule has 0 saturated carbocycles. The molecule has 4 nitrogen and oxygen atoms in total. The lowest BCUT2D eigenvalue weighted by Gasteiger charge is -2.44. The first kappa shape index (κ1) is 33.2. The Morgan fingerprint density at radius 3 is 2.07 bits per heavy atom. The Hall–Kier alpha value is -4.13. The smallest absolute Gasteiger partial charge is 0.327 e. The fourth-order valence-corrected chi connectivity index (χ4v) is 6.02. The first-order chi connectivity index (χ1) is 21.6. The summed E-state index contributed by atoms with van der Waals surface area (Å²) in [7, 11) is 0. The molecule has 0 unspecified atom stereocenters. The van der Waals surface area contributed by atoms with Gasteiger partial charge in [0, 0.05) is 43.3 Å². The number of likely N-dealkylation sites (tertiary alicyclic amines) is 1. The minimum Gasteiger partial charge on any atom is -0.327 e. The third-order valence-electron chi connectivity index (χ3n) is 8.18. The van der Waals surface area contributed by atoms with Crippen LogP contribution < -0.4 is 0 Å². The Bertz CT molecular complexity index is 1630. The maximum atomic E-state index is 13.9. The van der Waals surface area contributed by atoms with E-state index in [-0.39, 0.29) is 50.5 Å². The van der Waals surface area contributed by atoms with E-state index in [1.54, 1.807) is 65.6 Å². The molecule has 0 aliphatic carbocycles. The molecule has 4 aromatic rings. The van der Waals surface area contributed by atoms with Crippen molar-refractivity contribution >= 4 is 16.8 Å². The molecule has 13 heteroatoms. The number of piperidine rings is 1. The molecule has 3 aromatic carbocycles. The average Bonchev–Trinajstić information content (AvgIpc) is 2.99. The van der Waals surface area contributed by atoms with Crippen LogP contribution in [0.15, 0.2) is 85.1 Å². The molecule has 1 aliphatic heterocycles. The van der Waals surface area contributed by atoms with Crippen molar-refractivity contribution in [3.63, 3.8) is 0 Å². The summed E-state index contributed by atoms with van der Waals surface area (Å²) >= 11 is 0. The van der Waals surface area contributed by atoms with Crippen LogP contribution in [0.5, 0.6) is 0 Å². The van der Waals surface area contributed by atoms with Crippen molar-refractivity contribution in [1.29, 1.82) is 0 Å². The van der Waals surface area contributed by atoms with Crippen molar-refractivity contribution in [1.82, 2.24) is 14.8 Å². The number of para-hydroxylation sites is 1. The van der Waals surface area contributed by atoms with E-state index in [4.69, 9.17) is 0 Å². The van der Waals surface area contributed by atoms with E-state index in [0.29, 0.717) is 28.6 Å². The predicted molar refractivity (Wildman–Crippen MR) is 152 cm³/mol. The Morgan fingerprint density at radius 2 is 1.43 bits per heavy atom. The summed E-state index contributed by atoms with van der Waals surface area (Å²) in [6.07, 6.45) is -13.5. The van der Waals surface area contributed by atoms with Gasteiger partial charge in [-0.05, 0) is 66.3 Å². The second kappa shape index (κ2) is 12.9. The number of rotatable bonds is 7. The number of halogens is 9. The summed E-state index contributed by atoms with van der Waals surface area (Å²) in [5.74, 6) is -2.03. The van der Waals surface area contributed by atoms with Gasteiger partial charge in [0.1, 0.15) is 0 Å². The van der Waals surface area contributed by atoms with Gasteiger partial charge in [0.15, 0.2) is 0 Å². The second-order valence-corrected chi connectivity index (χ2v) is 11.3. The van der Waals surface area contributed by atoms with E-state index in [9.17, 15) is 44.3 Å². The molecule has 1 aromatic heterocycles. The molecule has 2 atom stereocenters. The van der Waals surface area contributed by atoms with E-state index in [1.807, 2.05) is 0 Å². The third-order valence-corrected chi connectivity index (χ3v) is 8.18. The number of nitrogens with zero attached hydrogens (tertiary/aromatic N) is 3. The Morgan fingerprint density at radius 1 is 0.804 bits per heavy atom. The first-order valence-corrected chi connectivity index (χ1v) is 14.4. The number of carbonyl (C=O) groups is 1. The molecule has 1 amide bonds. The van der Waals surface area contributed by atoms with E-state index in [0.717, 1.165) is 10.5 Å². The molecule has 46 heavy (non-hydrogen) atoms. The molecule has 1 aliphatic rings.